The van der Waals surface area contributed by atoms with Crippen LogP contribution in [0, 0.1) is 0 Å². The van der Waals surface area contributed by atoms with Gasteiger partial charge in [0.05, 0.1) is 17.7 Å². The van der Waals surface area contributed by atoms with Crippen LogP contribution in [0.4, 0.5) is 0 Å². The number of aliphatic hydroxyl groups is 1. The van der Waals surface area contributed by atoms with Crippen LogP contribution >= 0.6 is 11.6 Å². The third kappa shape index (κ3) is 3.65. The number of hydrogen-bond acceptors (Lipinski definition) is 3. The van der Waals surface area contributed by atoms with Gasteiger partial charge in [0.15, 0.2) is 0 Å². The SMILES string of the molecule is CCOc1ccc(Oc2ccc(C(C)O)cc2Cl)cc1. The Morgan fingerprint density at radius 1 is 1.10 bits per heavy atom. The van der Waals surface area contributed by atoms with Crippen molar-refractivity contribution in [2.24, 2.45) is 0 Å². The molecule has 0 saturated heterocycles. The normalized spacial score (nSPS) is 12.0. The minimum absolute atomic E-state index is 0.470. The maximum absolute atomic E-state index is 9.50. The van der Waals surface area contributed by atoms with Crippen LogP contribution in [0.1, 0.15) is 25.5 Å². The van der Waals surface area contributed by atoms with Crippen LogP contribution in [-0.2, 0) is 0 Å². The first kappa shape index (κ1) is 14.7. The van der Waals surface area contributed by atoms with Crippen molar-refractivity contribution in [3.05, 3.63) is 53.1 Å². The average molecular weight is 293 g/mol. The average Bonchev–Trinajstić information content (AvgIpc) is 2.43. The molecule has 0 radical (unpaired) electrons. The highest BCUT2D eigenvalue weighted by molar-refractivity contribution is 6.32. The van der Waals surface area contributed by atoms with Gasteiger partial charge < -0.3 is 14.6 Å². The molecule has 2 aromatic rings. The zero-order valence-electron chi connectivity index (χ0n) is 11.5. The van der Waals surface area contributed by atoms with Gasteiger partial charge in [-0.1, -0.05) is 17.7 Å². The molecule has 0 heterocycles. The van der Waals surface area contributed by atoms with Crippen LogP contribution in [0.2, 0.25) is 5.02 Å². The minimum atomic E-state index is -0.549. The van der Waals surface area contributed by atoms with Crippen LogP contribution in [0.15, 0.2) is 42.5 Å². The van der Waals surface area contributed by atoms with Crippen molar-refractivity contribution in [3.63, 3.8) is 0 Å². The molecule has 1 atom stereocenters. The van der Waals surface area contributed by atoms with Crippen molar-refractivity contribution in [2.45, 2.75) is 20.0 Å². The van der Waals surface area contributed by atoms with Gasteiger partial charge in [-0.25, -0.2) is 0 Å². The number of ether oxygens (including phenoxy) is 2. The summed E-state index contributed by atoms with van der Waals surface area (Å²) in [6, 6.07) is 12.6. The number of rotatable bonds is 5. The summed E-state index contributed by atoms with van der Waals surface area (Å²) in [7, 11) is 0. The second-order valence-electron chi connectivity index (χ2n) is 4.37. The summed E-state index contributed by atoms with van der Waals surface area (Å²) < 4.78 is 11.1. The van der Waals surface area contributed by atoms with Gasteiger partial charge in [0.25, 0.3) is 0 Å². The first-order chi connectivity index (χ1) is 9.60. The van der Waals surface area contributed by atoms with Crippen LogP contribution < -0.4 is 9.47 Å². The van der Waals surface area contributed by atoms with E-state index in [1.807, 2.05) is 31.2 Å². The molecule has 0 saturated carbocycles. The van der Waals surface area contributed by atoms with E-state index in [0.717, 1.165) is 11.3 Å². The smallest absolute Gasteiger partial charge is 0.146 e. The second-order valence-corrected chi connectivity index (χ2v) is 4.78. The van der Waals surface area contributed by atoms with Crippen molar-refractivity contribution in [1.29, 1.82) is 0 Å². The molecule has 2 rings (SSSR count). The number of aliphatic hydroxyl groups excluding tert-OH is 1. The molecule has 20 heavy (non-hydrogen) atoms. The Kier molecular flexibility index (Phi) is 4.88. The van der Waals surface area contributed by atoms with Crippen LogP contribution in [0.3, 0.4) is 0 Å². The fourth-order valence-corrected chi connectivity index (χ4v) is 1.98. The monoisotopic (exact) mass is 292 g/mol. The van der Waals surface area contributed by atoms with Crippen molar-refractivity contribution in [1.82, 2.24) is 0 Å². The van der Waals surface area contributed by atoms with Gasteiger partial charge in [0.2, 0.25) is 0 Å². The molecule has 0 amide bonds. The number of benzene rings is 2. The summed E-state index contributed by atoms with van der Waals surface area (Å²) >= 11 is 6.14. The molecular weight excluding hydrogens is 276 g/mol. The largest absolute Gasteiger partial charge is 0.494 e. The maximum atomic E-state index is 9.50. The first-order valence-electron chi connectivity index (χ1n) is 6.48. The quantitative estimate of drug-likeness (QED) is 0.876. The molecule has 0 aliphatic rings. The Morgan fingerprint density at radius 2 is 1.75 bits per heavy atom. The molecule has 4 heteroatoms. The predicted molar refractivity (Wildman–Crippen MR) is 79.8 cm³/mol. The van der Waals surface area contributed by atoms with Crippen LogP contribution in [0.25, 0.3) is 0 Å². The lowest BCUT2D eigenvalue weighted by Crippen LogP contribution is -1.93. The van der Waals surface area contributed by atoms with Crippen molar-refractivity contribution in [2.75, 3.05) is 6.61 Å². The zero-order valence-corrected chi connectivity index (χ0v) is 12.2. The molecule has 1 unspecified atom stereocenters. The van der Waals surface area contributed by atoms with E-state index in [1.54, 1.807) is 25.1 Å². The van der Waals surface area contributed by atoms with Gasteiger partial charge in [0, 0.05) is 0 Å². The molecule has 106 valence electrons. The molecule has 0 spiro atoms. The van der Waals surface area contributed by atoms with Crippen molar-refractivity contribution in [3.8, 4) is 17.2 Å². The summed E-state index contributed by atoms with van der Waals surface area (Å²) in [5, 5.41) is 9.97. The van der Waals surface area contributed by atoms with Crippen molar-refractivity contribution >= 4 is 11.6 Å². The molecule has 0 aliphatic heterocycles. The molecule has 0 bridgehead atoms. The molecule has 2 aromatic carbocycles. The third-order valence-corrected chi connectivity index (χ3v) is 3.10. The van der Waals surface area contributed by atoms with Gasteiger partial charge in [-0.2, -0.15) is 0 Å². The molecule has 3 nitrogen and oxygen atoms in total. The van der Waals surface area contributed by atoms with E-state index in [0.29, 0.717) is 23.1 Å². The summed E-state index contributed by atoms with van der Waals surface area (Å²) in [5.74, 6) is 2.04. The maximum Gasteiger partial charge on any atom is 0.146 e. The highest BCUT2D eigenvalue weighted by Crippen LogP contribution is 2.32. The third-order valence-electron chi connectivity index (χ3n) is 2.80. The van der Waals surface area contributed by atoms with Crippen LogP contribution in [0.5, 0.6) is 17.2 Å². The fraction of sp³-hybridized carbons (Fsp3) is 0.250. The van der Waals surface area contributed by atoms with Gasteiger partial charge in [-0.05, 0) is 55.8 Å². The van der Waals surface area contributed by atoms with E-state index in [-0.39, 0.29) is 0 Å². The second kappa shape index (κ2) is 6.64. The highest BCUT2D eigenvalue weighted by atomic mass is 35.5. The first-order valence-corrected chi connectivity index (χ1v) is 6.86. The lowest BCUT2D eigenvalue weighted by molar-refractivity contribution is 0.199. The molecule has 0 aromatic heterocycles. The fourth-order valence-electron chi connectivity index (χ4n) is 1.76. The van der Waals surface area contributed by atoms with Crippen LogP contribution in [-0.4, -0.2) is 11.7 Å². The van der Waals surface area contributed by atoms with Gasteiger partial charge in [-0.15, -0.1) is 0 Å². The summed E-state index contributed by atoms with van der Waals surface area (Å²) in [6.07, 6.45) is -0.549. The standard InChI is InChI=1S/C16H17ClO3/c1-3-19-13-5-7-14(8-6-13)20-16-9-4-12(11(2)18)10-15(16)17/h4-11,18H,3H2,1-2H3. The van der Waals surface area contributed by atoms with E-state index in [2.05, 4.69) is 0 Å². The zero-order chi connectivity index (χ0) is 14.5. The van der Waals surface area contributed by atoms with E-state index in [4.69, 9.17) is 21.1 Å². The van der Waals surface area contributed by atoms with Gasteiger partial charge in [0.1, 0.15) is 17.2 Å². The Balaban J connectivity index is 2.13. The molecule has 0 aliphatic carbocycles. The summed E-state index contributed by atoms with van der Waals surface area (Å²) in [4.78, 5) is 0. The van der Waals surface area contributed by atoms with Crippen molar-refractivity contribution < 1.29 is 14.6 Å². The Labute approximate surface area is 123 Å². The van der Waals surface area contributed by atoms with E-state index in [1.165, 1.54) is 0 Å². The Morgan fingerprint density at radius 3 is 2.30 bits per heavy atom. The lowest BCUT2D eigenvalue weighted by atomic mass is 10.1. The van der Waals surface area contributed by atoms with E-state index < -0.39 is 6.10 Å². The van der Waals surface area contributed by atoms with Gasteiger partial charge >= 0.3 is 0 Å². The van der Waals surface area contributed by atoms with Gasteiger partial charge in [-0.3, -0.25) is 0 Å². The summed E-state index contributed by atoms with van der Waals surface area (Å²) in [6.45, 7) is 4.26. The van der Waals surface area contributed by atoms with E-state index in [9.17, 15) is 5.11 Å². The van der Waals surface area contributed by atoms with E-state index >= 15 is 0 Å². The minimum Gasteiger partial charge on any atom is -0.494 e. The Bertz CT molecular complexity index is 564. The predicted octanol–water partition coefficient (Wildman–Crippen LogP) is 4.58. The molecular formula is C16H17ClO3. The topological polar surface area (TPSA) is 38.7 Å². The number of halogens is 1. The lowest BCUT2D eigenvalue weighted by Gasteiger charge is -2.11. The molecule has 1 N–H and O–H groups in total. The highest BCUT2D eigenvalue weighted by Gasteiger charge is 2.07. The molecule has 0 fully saturated rings. The Hall–Kier alpha value is -1.71. The number of hydrogen-bond donors (Lipinski definition) is 1. The summed E-state index contributed by atoms with van der Waals surface area (Å²) in [5.41, 5.74) is 0.758.